The predicted octanol–water partition coefficient (Wildman–Crippen LogP) is 3.37. The molecule has 20 heavy (non-hydrogen) atoms. The summed E-state index contributed by atoms with van der Waals surface area (Å²) in [7, 11) is 0. The first-order chi connectivity index (χ1) is 9.26. The van der Waals surface area contributed by atoms with Crippen LogP contribution in [0.15, 0.2) is 22.8 Å². The first-order valence-corrected chi connectivity index (χ1v) is 7.18. The lowest BCUT2D eigenvalue weighted by Crippen LogP contribution is -2.35. The Kier molecular flexibility index (Phi) is 4.25. The van der Waals surface area contributed by atoms with Gasteiger partial charge in [0.2, 0.25) is 0 Å². The van der Waals surface area contributed by atoms with Gasteiger partial charge in [-0.3, -0.25) is 0 Å². The fourth-order valence-corrected chi connectivity index (χ4v) is 2.19. The van der Waals surface area contributed by atoms with E-state index in [9.17, 15) is 4.39 Å². The van der Waals surface area contributed by atoms with Crippen LogP contribution in [0, 0.1) is 12.7 Å². The van der Waals surface area contributed by atoms with Gasteiger partial charge in [-0.05, 0) is 55.3 Å². The molecule has 0 radical (unpaired) electrons. The minimum atomic E-state index is -0.310. The molecule has 0 saturated heterocycles. The van der Waals surface area contributed by atoms with Crippen LogP contribution < -0.4 is 5.32 Å². The van der Waals surface area contributed by atoms with Crippen LogP contribution in [0.2, 0.25) is 0 Å². The summed E-state index contributed by atoms with van der Waals surface area (Å²) < 4.78 is 15.7. The molecule has 0 amide bonds. The van der Waals surface area contributed by atoms with Crippen LogP contribution in [0.4, 0.5) is 4.39 Å². The van der Waals surface area contributed by atoms with E-state index in [2.05, 4.69) is 52.3 Å². The summed E-state index contributed by atoms with van der Waals surface area (Å²) in [5.41, 5.74) is 2.46. The molecule has 0 aliphatic rings. The Labute approximate surface area is 126 Å². The van der Waals surface area contributed by atoms with Gasteiger partial charge >= 0.3 is 0 Å². The Bertz CT molecular complexity index is 616. The van der Waals surface area contributed by atoms with Gasteiger partial charge in [0, 0.05) is 18.2 Å². The number of aryl methyl sites for hydroxylation is 1. The number of halogens is 2. The average molecular weight is 341 g/mol. The zero-order valence-corrected chi connectivity index (χ0v) is 13.6. The van der Waals surface area contributed by atoms with Crippen molar-refractivity contribution in [3.8, 4) is 5.69 Å². The van der Waals surface area contributed by atoms with Gasteiger partial charge in [0.15, 0.2) is 0 Å². The Morgan fingerprint density at radius 3 is 2.70 bits per heavy atom. The molecule has 0 fully saturated rings. The predicted molar refractivity (Wildman–Crippen MR) is 80.3 cm³/mol. The number of aromatic nitrogens is 3. The second-order valence-electron chi connectivity index (χ2n) is 5.81. The van der Waals surface area contributed by atoms with Gasteiger partial charge in [-0.15, -0.1) is 5.10 Å². The van der Waals surface area contributed by atoms with Crippen molar-refractivity contribution in [3.05, 3.63) is 39.9 Å². The Morgan fingerprint density at radius 2 is 2.05 bits per heavy atom. The zero-order chi connectivity index (χ0) is 14.9. The van der Waals surface area contributed by atoms with Crippen LogP contribution in [0.1, 0.15) is 32.0 Å². The Morgan fingerprint density at radius 1 is 1.35 bits per heavy atom. The number of benzene rings is 1. The van der Waals surface area contributed by atoms with Gasteiger partial charge in [0.25, 0.3) is 0 Å². The molecule has 6 heteroatoms. The number of rotatable bonds is 3. The molecule has 0 spiro atoms. The van der Waals surface area contributed by atoms with Gasteiger partial charge < -0.3 is 5.32 Å². The van der Waals surface area contributed by atoms with Crippen LogP contribution in [0.3, 0.4) is 0 Å². The second kappa shape index (κ2) is 5.61. The van der Waals surface area contributed by atoms with E-state index in [-0.39, 0.29) is 11.4 Å². The van der Waals surface area contributed by atoms with E-state index in [1.165, 1.54) is 6.07 Å². The fraction of sp³-hybridized carbons (Fsp3) is 0.429. The van der Waals surface area contributed by atoms with E-state index >= 15 is 0 Å². The van der Waals surface area contributed by atoms with Crippen molar-refractivity contribution in [1.82, 2.24) is 20.3 Å². The highest BCUT2D eigenvalue weighted by atomic mass is 79.9. The summed E-state index contributed by atoms with van der Waals surface area (Å²) in [5.74, 6) is -0.310. The van der Waals surface area contributed by atoms with Gasteiger partial charge in [0.1, 0.15) is 5.82 Å². The molecule has 0 aliphatic heterocycles. The first-order valence-electron chi connectivity index (χ1n) is 6.38. The summed E-state index contributed by atoms with van der Waals surface area (Å²) in [6.07, 6.45) is 1.81. The fourth-order valence-electron chi connectivity index (χ4n) is 1.74. The normalized spacial score (nSPS) is 11.9. The molecule has 2 aromatic rings. The van der Waals surface area contributed by atoms with Gasteiger partial charge in [-0.2, -0.15) is 0 Å². The lowest BCUT2D eigenvalue weighted by atomic mass is 10.1. The van der Waals surface area contributed by atoms with E-state index in [4.69, 9.17) is 0 Å². The van der Waals surface area contributed by atoms with Crippen molar-refractivity contribution in [1.29, 1.82) is 0 Å². The lowest BCUT2D eigenvalue weighted by molar-refractivity contribution is 0.421. The van der Waals surface area contributed by atoms with Crippen LogP contribution in [-0.2, 0) is 6.54 Å². The molecular weight excluding hydrogens is 323 g/mol. The van der Waals surface area contributed by atoms with E-state index in [0.717, 1.165) is 11.3 Å². The summed E-state index contributed by atoms with van der Waals surface area (Å²) in [4.78, 5) is 0. The minimum absolute atomic E-state index is 0.0173. The smallest absolute Gasteiger partial charge is 0.139 e. The van der Waals surface area contributed by atoms with Crippen LogP contribution >= 0.6 is 15.9 Å². The number of hydrogen-bond acceptors (Lipinski definition) is 3. The van der Waals surface area contributed by atoms with E-state index < -0.39 is 0 Å². The van der Waals surface area contributed by atoms with Crippen LogP contribution in [0.5, 0.6) is 0 Å². The maximum atomic E-state index is 13.6. The van der Waals surface area contributed by atoms with E-state index in [1.54, 1.807) is 10.7 Å². The van der Waals surface area contributed by atoms with Crippen molar-refractivity contribution in [3.63, 3.8) is 0 Å². The third kappa shape index (κ3) is 3.64. The largest absolute Gasteiger partial charge is 0.306 e. The summed E-state index contributed by atoms with van der Waals surface area (Å²) in [6, 6.07) is 3.19. The molecule has 4 nitrogen and oxygen atoms in total. The SMILES string of the molecule is Cc1cc(Br)c(F)cc1-n1cc(CNC(C)(C)C)nn1. The molecule has 0 unspecified atom stereocenters. The second-order valence-corrected chi connectivity index (χ2v) is 6.67. The van der Waals surface area contributed by atoms with Crippen molar-refractivity contribution >= 4 is 15.9 Å². The maximum Gasteiger partial charge on any atom is 0.139 e. The van der Waals surface area contributed by atoms with Gasteiger partial charge in [0.05, 0.1) is 22.1 Å². The highest BCUT2D eigenvalue weighted by Gasteiger charge is 2.12. The van der Waals surface area contributed by atoms with E-state index in [1.807, 2.05) is 13.1 Å². The number of nitrogens with zero attached hydrogens (tertiary/aromatic N) is 3. The monoisotopic (exact) mass is 340 g/mol. The van der Waals surface area contributed by atoms with Crippen LogP contribution in [-0.4, -0.2) is 20.5 Å². The lowest BCUT2D eigenvalue weighted by Gasteiger charge is -2.19. The van der Waals surface area contributed by atoms with Crippen LogP contribution in [0.25, 0.3) is 5.69 Å². The molecular formula is C14H18BrFN4. The summed E-state index contributed by atoms with van der Waals surface area (Å²) in [5, 5.41) is 11.5. The topological polar surface area (TPSA) is 42.7 Å². The molecule has 1 N–H and O–H groups in total. The average Bonchev–Trinajstić information content (AvgIpc) is 2.79. The third-order valence-corrected chi connectivity index (χ3v) is 3.43. The molecule has 1 aromatic carbocycles. The first kappa shape index (κ1) is 15.1. The Balaban J connectivity index is 2.23. The maximum absolute atomic E-state index is 13.6. The number of hydrogen-bond donors (Lipinski definition) is 1. The summed E-state index contributed by atoms with van der Waals surface area (Å²) >= 11 is 3.17. The molecule has 0 bridgehead atoms. The molecule has 1 heterocycles. The zero-order valence-electron chi connectivity index (χ0n) is 12.0. The van der Waals surface area contributed by atoms with Crippen molar-refractivity contribution in [2.45, 2.75) is 39.8 Å². The van der Waals surface area contributed by atoms with Gasteiger partial charge in [-0.25, -0.2) is 9.07 Å². The van der Waals surface area contributed by atoms with E-state index in [0.29, 0.717) is 16.7 Å². The highest BCUT2D eigenvalue weighted by Crippen LogP contribution is 2.22. The third-order valence-electron chi connectivity index (χ3n) is 2.83. The van der Waals surface area contributed by atoms with Gasteiger partial charge in [-0.1, -0.05) is 5.21 Å². The van der Waals surface area contributed by atoms with Crippen molar-refractivity contribution in [2.75, 3.05) is 0 Å². The molecule has 1 aromatic heterocycles. The summed E-state index contributed by atoms with van der Waals surface area (Å²) in [6.45, 7) is 8.80. The molecule has 0 saturated carbocycles. The van der Waals surface area contributed by atoms with Crippen molar-refractivity contribution in [2.24, 2.45) is 0 Å². The highest BCUT2D eigenvalue weighted by molar-refractivity contribution is 9.10. The molecule has 0 aliphatic carbocycles. The Hall–Kier alpha value is -1.27. The quantitative estimate of drug-likeness (QED) is 0.931. The molecule has 0 atom stereocenters. The van der Waals surface area contributed by atoms with Crippen molar-refractivity contribution < 1.29 is 4.39 Å². The number of nitrogens with one attached hydrogen (secondary N) is 1. The molecule has 2 rings (SSSR count). The standard InChI is InChI=1S/C14H18BrFN4/c1-9-5-11(15)12(16)6-13(9)20-8-10(18-19-20)7-17-14(2,3)4/h5-6,8,17H,7H2,1-4H3. The minimum Gasteiger partial charge on any atom is -0.306 e. The molecule has 108 valence electrons.